The first-order chi connectivity index (χ1) is 10.8. The zero-order valence-electron chi connectivity index (χ0n) is 12.1. The van der Waals surface area contributed by atoms with E-state index in [1.807, 2.05) is 4.90 Å². The van der Waals surface area contributed by atoms with E-state index in [0.717, 1.165) is 25.7 Å². The summed E-state index contributed by atoms with van der Waals surface area (Å²) < 4.78 is 4.84. The second-order valence-electron chi connectivity index (χ2n) is 5.34. The molecule has 1 aliphatic rings. The van der Waals surface area contributed by atoms with E-state index in [-0.39, 0.29) is 11.9 Å². The minimum absolute atomic E-state index is 0.0545. The second kappa shape index (κ2) is 6.39. The molecule has 0 saturated carbocycles. The highest BCUT2D eigenvalue weighted by Crippen LogP contribution is 2.29. The Morgan fingerprint density at radius 2 is 2.09 bits per heavy atom. The minimum Gasteiger partial charge on any atom is -0.343 e. The Bertz CT molecular complexity index is 673. The number of aromatic nitrogens is 2. The van der Waals surface area contributed by atoms with Gasteiger partial charge in [0.15, 0.2) is 5.82 Å². The average molecular weight is 296 g/mol. The lowest BCUT2D eigenvalue weighted by molar-refractivity contribution is 0.0670. The summed E-state index contributed by atoms with van der Waals surface area (Å²) in [4.78, 5) is 18.8. The maximum absolute atomic E-state index is 12.8. The van der Waals surface area contributed by atoms with Crippen molar-refractivity contribution in [3.63, 3.8) is 0 Å². The predicted molar refractivity (Wildman–Crippen MR) is 77.7 cm³/mol. The molecule has 1 aromatic heterocycles. The molecule has 0 unspecified atom stereocenters. The number of carbonyl (C=O) groups excluding carboxylic acids is 1. The predicted octanol–water partition coefficient (Wildman–Crippen LogP) is 2.70. The Morgan fingerprint density at radius 3 is 2.77 bits per heavy atom. The van der Waals surface area contributed by atoms with Crippen molar-refractivity contribution in [3.8, 4) is 6.07 Å². The third-order valence-corrected chi connectivity index (χ3v) is 3.95. The summed E-state index contributed by atoms with van der Waals surface area (Å²) in [6, 6.07) is 8.62. The number of carbonyl (C=O) groups is 1. The number of nitrogens with zero attached hydrogens (tertiary/aromatic N) is 4. The third-order valence-electron chi connectivity index (χ3n) is 3.95. The van der Waals surface area contributed by atoms with E-state index in [9.17, 15) is 4.79 Å². The molecule has 2 heterocycles. The average Bonchev–Trinajstić information content (AvgIpc) is 2.99. The SMILES string of the molecule is N#Cc1ccc(C(=O)N2CCCCC[C@@H]2c2ncon2)cc1. The van der Waals surface area contributed by atoms with Crippen molar-refractivity contribution < 1.29 is 9.32 Å². The van der Waals surface area contributed by atoms with E-state index in [1.54, 1.807) is 24.3 Å². The van der Waals surface area contributed by atoms with Gasteiger partial charge in [-0.25, -0.2) is 0 Å². The molecular weight excluding hydrogens is 280 g/mol. The molecule has 6 heteroatoms. The van der Waals surface area contributed by atoms with Crippen LogP contribution in [0.5, 0.6) is 0 Å². The number of rotatable bonds is 2. The topological polar surface area (TPSA) is 83.0 Å². The third kappa shape index (κ3) is 2.84. The van der Waals surface area contributed by atoms with Crippen LogP contribution in [0.4, 0.5) is 0 Å². The van der Waals surface area contributed by atoms with Crippen molar-refractivity contribution in [1.82, 2.24) is 15.0 Å². The Kier molecular flexibility index (Phi) is 4.15. The lowest BCUT2D eigenvalue weighted by Gasteiger charge is -2.27. The lowest BCUT2D eigenvalue weighted by Crippen LogP contribution is -2.35. The molecule has 1 saturated heterocycles. The van der Waals surface area contributed by atoms with Gasteiger partial charge in [-0.3, -0.25) is 4.79 Å². The number of hydrogen-bond donors (Lipinski definition) is 0. The van der Waals surface area contributed by atoms with Crippen LogP contribution in [0.25, 0.3) is 0 Å². The molecule has 0 aliphatic carbocycles. The maximum Gasteiger partial charge on any atom is 0.254 e. The monoisotopic (exact) mass is 296 g/mol. The number of amides is 1. The Hall–Kier alpha value is -2.68. The number of hydrogen-bond acceptors (Lipinski definition) is 5. The fraction of sp³-hybridized carbons (Fsp3) is 0.375. The molecule has 0 bridgehead atoms. The van der Waals surface area contributed by atoms with Crippen molar-refractivity contribution in [2.75, 3.05) is 6.54 Å². The summed E-state index contributed by atoms with van der Waals surface area (Å²) in [7, 11) is 0. The largest absolute Gasteiger partial charge is 0.343 e. The molecule has 0 spiro atoms. The molecule has 6 nitrogen and oxygen atoms in total. The minimum atomic E-state index is -0.149. The molecule has 0 radical (unpaired) electrons. The Balaban J connectivity index is 1.88. The van der Waals surface area contributed by atoms with Crippen molar-refractivity contribution in [3.05, 3.63) is 47.6 Å². The van der Waals surface area contributed by atoms with Crippen LogP contribution in [0, 0.1) is 11.3 Å². The number of likely N-dealkylation sites (tertiary alicyclic amines) is 1. The fourth-order valence-corrected chi connectivity index (χ4v) is 2.80. The highest BCUT2D eigenvalue weighted by Gasteiger charge is 2.30. The summed E-state index contributed by atoms with van der Waals surface area (Å²) in [6.07, 6.45) is 5.23. The number of nitriles is 1. The molecule has 3 rings (SSSR count). The van der Waals surface area contributed by atoms with Crippen molar-refractivity contribution in [1.29, 1.82) is 5.26 Å². The van der Waals surface area contributed by atoms with E-state index in [1.165, 1.54) is 6.39 Å². The second-order valence-corrected chi connectivity index (χ2v) is 5.34. The van der Waals surface area contributed by atoms with Gasteiger partial charge >= 0.3 is 0 Å². The van der Waals surface area contributed by atoms with Gasteiger partial charge in [0.1, 0.15) is 0 Å². The van der Waals surface area contributed by atoms with Gasteiger partial charge in [-0.1, -0.05) is 18.0 Å². The van der Waals surface area contributed by atoms with Crippen molar-refractivity contribution in [2.24, 2.45) is 0 Å². The summed E-state index contributed by atoms with van der Waals surface area (Å²) in [5.74, 6) is 0.505. The normalized spacial score (nSPS) is 18.5. The van der Waals surface area contributed by atoms with E-state index >= 15 is 0 Å². The molecule has 0 N–H and O–H groups in total. The Labute approximate surface area is 128 Å². The summed E-state index contributed by atoms with van der Waals surface area (Å²) in [5, 5.41) is 12.8. The van der Waals surface area contributed by atoms with Crippen molar-refractivity contribution in [2.45, 2.75) is 31.7 Å². The smallest absolute Gasteiger partial charge is 0.254 e. The molecule has 112 valence electrons. The van der Waals surface area contributed by atoms with Crippen LogP contribution in [-0.4, -0.2) is 27.5 Å². The first-order valence-corrected chi connectivity index (χ1v) is 7.37. The summed E-state index contributed by atoms with van der Waals surface area (Å²) in [5.41, 5.74) is 1.12. The molecule has 1 aliphatic heterocycles. The van der Waals surface area contributed by atoms with Gasteiger partial charge in [0, 0.05) is 12.1 Å². The molecule has 1 amide bonds. The first kappa shape index (κ1) is 14.3. The molecule has 2 aromatic rings. The standard InChI is InChI=1S/C16H16N4O2/c17-10-12-5-7-13(8-6-12)16(21)20-9-3-1-2-4-14(20)15-18-11-22-19-15/h5-8,11,14H,1-4,9H2/t14-/m1/s1. The zero-order chi connectivity index (χ0) is 15.4. The van der Waals surface area contributed by atoms with Gasteiger partial charge in [-0.05, 0) is 37.1 Å². The van der Waals surface area contributed by atoms with Gasteiger partial charge in [0.2, 0.25) is 6.39 Å². The molecule has 1 fully saturated rings. The highest BCUT2D eigenvalue weighted by atomic mass is 16.5. The first-order valence-electron chi connectivity index (χ1n) is 7.37. The van der Waals surface area contributed by atoms with Gasteiger partial charge in [0.25, 0.3) is 5.91 Å². The lowest BCUT2D eigenvalue weighted by atomic mass is 10.1. The molecule has 1 atom stereocenters. The van der Waals surface area contributed by atoms with Crippen molar-refractivity contribution >= 4 is 5.91 Å². The maximum atomic E-state index is 12.8. The molecular formula is C16H16N4O2. The van der Waals surface area contributed by atoms with Crippen LogP contribution >= 0.6 is 0 Å². The van der Waals surface area contributed by atoms with Gasteiger partial charge in [-0.15, -0.1) is 0 Å². The van der Waals surface area contributed by atoms with E-state index in [2.05, 4.69) is 16.2 Å². The van der Waals surface area contributed by atoms with E-state index < -0.39 is 0 Å². The zero-order valence-corrected chi connectivity index (χ0v) is 12.1. The van der Waals surface area contributed by atoms with Crippen LogP contribution in [0.3, 0.4) is 0 Å². The van der Waals surface area contributed by atoms with E-state index in [0.29, 0.717) is 23.5 Å². The van der Waals surface area contributed by atoms with Crippen LogP contribution in [0.2, 0.25) is 0 Å². The number of benzene rings is 1. The molecule has 22 heavy (non-hydrogen) atoms. The highest BCUT2D eigenvalue weighted by molar-refractivity contribution is 5.94. The Morgan fingerprint density at radius 1 is 1.27 bits per heavy atom. The van der Waals surface area contributed by atoms with Crippen LogP contribution in [-0.2, 0) is 0 Å². The van der Waals surface area contributed by atoms with Gasteiger partial charge < -0.3 is 9.42 Å². The van der Waals surface area contributed by atoms with Crippen LogP contribution in [0.1, 0.15) is 53.5 Å². The van der Waals surface area contributed by atoms with E-state index in [4.69, 9.17) is 9.78 Å². The van der Waals surface area contributed by atoms with Gasteiger partial charge in [-0.2, -0.15) is 10.2 Å². The summed E-state index contributed by atoms with van der Waals surface area (Å²) in [6.45, 7) is 0.679. The van der Waals surface area contributed by atoms with Gasteiger partial charge in [0.05, 0.1) is 17.7 Å². The van der Waals surface area contributed by atoms with Crippen LogP contribution in [0.15, 0.2) is 35.2 Å². The quantitative estimate of drug-likeness (QED) is 0.850. The summed E-state index contributed by atoms with van der Waals surface area (Å²) >= 11 is 0. The van der Waals surface area contributed by atoms with Crippen LogP contribution < -0.4 is 0 Å². The molecule has 1 aromatic carbocycles. The fourth-order valence-electron chi connectivity index (χ4n) is 2.80.